The highest BCUT2D eigenvalue weighted by atomic mass is 16.1. The van der Waals surface area contributed by atoms with Gasteiger partial charge in [-0.3, -0.25) is 4.79 Å². The molecule has 18 heavy (non-hydrogen) atoms. The number of hydrogen-bond donors (Lipinski definition) is 2. The Labute approximate surface area is 111 Å². The van der Waals surface area contributed by atoms with Crippen molar-refractivity contribution in [3.05, 3.63) is 0 Å². The first kappa shape index (κ1) is 13.9. The van der Waals surface area contributed by atoms with E-state index in [1.165, 1.54) is 44.9 Å². The topological polar surface area (TPSA) is 41.1 Å². The minimum Gasteiger partial charge on any atom is -0.356 e. The summed E-state index contributed by atoms with van der Waals surface area (Å²) in [5, 5.41) is 6.62. The Balaban J connectivity index is 1.64. The van der Waals surface area contributed by atoms with Gasteiger partial charge in [-0.05, 0) is 44.1 Å². The molecule has 2 unspecified atom stereocenters. The summed E-state index contributed by atoms with van der Waals surface area (Å²) in [6.07, 6.45) is 9.86. The van der Waals surface area contributed by atoms with E-state index in [-0.39, 0.29) is 5.91 Å². The molecule has 2 aliphatic rings. The summed E-state index contributed by atoms with van der Waals surface area (Å²) in [4.78, 5) is 11.9. The molecule has 0 radical (unpaired) electrons. The Bertz CT molecular complexity index is 261. The van der Waals surface area contributed by atoms with Gasteiger partial charge in [-0.15, -0.1) is 0 Å². The van der Waals surface area contributed by atoms with E-state index in [9.17, 15) is 4.79 Å². The van der Waals surface area contributed by atoms with Crippen molar-refractivity contribution in [2.75, 3.05) is 13.1 Å². The Kier molecular flexibility index (Phi) is 5.48. The van der Waals surface area contributed by atoms with E-state index in [0.717, 1.165) is 19.0 Å². The second kappa shape index (κ2) is 7.13. The van der Waals surface area contributed by atoms with Crippen LogP contribution < -0.4 is 10.6 Å². The summed E-state index contributed by atoms with van der Waals surface area (Å²) < 4.78 is 0. The van der Waals surface area contributed by atoms with Crippen molar-refractivity contribution in [1.82, 2.24) is 10.6 Å². The molecule has 2 rings (SSSR count). The lowest BCUT2D eigenvalue weighted by atomic mass is 9.88. The van der Waals surface area contributed by atoms with Crippen LogP contribution >= 0.6 is 0 Å². The number of carbonyl (C=O) groups is 1. The molecule has 3 heteroatoms. The summed E-state index contributed by atoms with van der Waals surface area (Å²) in [6, 6.07) is 0.394. The van der Waals surface area contributed by atoms with Crippen LogP contribution in [0.5, 0.6) is 0 Å². The fourth-order valence-electron chi connectivity index (χ4n) is 3.31. The Morgan fingerprint density at radius 3 is 2.67 bits per heavy atom. The average Bonchev–Trinajstić information content (AvgIpc) is 2.40. The molecular formula is C15H28N2O. The van der Waals surface area contributed by atoms with E-state index in [1.807, 2.05) is 0 Å². The predicted molar refractivity (Wildman–Crippen MR) is 74.4 cm³/mol. The SMILES string of the molecule is CC1CCCNC1CC(=O)NCC1CCCCC1. The van der Waals surface area contributed by atoms with E-state index < -0.39 is 0 Å². The molecule has 3 nitrogen and oxygen atoms in total. The van der Waals surface area contributed by atoms with Gasteiger partial charge in [0.15, 0.2) is 0 Å². The lowest BCUT2D eigenvalue weighted by Crippen LogP contribution is -2.44. The lowest BCUT2D eigenvalue weighted by Gasteiger charge is -2.30. The zero-order chi connectivity index (χ0) is 12.8. The van der Waals surface area contributed by atoms with Crippen molar-refractivity contribution < 1.29 is 4.79 Å². The van der Waals surface area contributed by atoms with Crippen LogP contribution in [0.15, 0.2) is 0 Å². The zero-order valence-corrected chi connectivity index (χ0v) is 11.7. The molecule has 0 aromatic carbocycles. The van der Waals surface area contributed by atoms with Crippen LogP contribution in [0.25, 0.3) is 0 Å². The van der Waals surface area contributed by atoms with Gasteiger partial charge in [0.1, 0.15) is 0 Å². The van der Waals surface area contributed by atoms with Crippen molar-refractivity contribution in [1.29, 1.82) is 0 Å². The largest absolute Gasteiger partial charge is 0.356 e. The van der Waals surface area contributed by atoms with Crippen LogP contribution in [0.4, 0.5) is 0 Å². The van der Waals surface area contributed by atoms with Crippen LogP contribution in [0.3, 0.4) is 0 Å². The van der Waals surface area contributed by atoms with Gasteiger partial charge in [0, 0.05) is 19.0 Å². The molecule has 0 aromatic heterocycles. The number of piperidine rings is 1. The second-order valence-corrected chi connectivity index (χ2v) is 6.19. The molecule has 2 fully saturated rings. The quantitative estimate of drug-likeness (QED) is 0.807. The van der Waals surface area contributed by atoms with Gasteiger partial charge in [-0.1, -0.05) is 26.2 Å². The number of nitrogens with one attached hydrogen (secondary N) is 2. The molecule has 1 saturated carbocycles. The number of amides is 1. The fourth-order valence-corrected chi connectivity index (χ4v) is 3.31. The molecule has 1 amide bonds. The molecule has 1 aliphatic heterocycles. The van der Waals surface area contributed by atoms with E-state index in [2.05, 4.69) is 17.6 Å². The average molecular weight is 252 g/mol. The molecule has 104 valence electrons. The number of hydrogen-bond acceptors (Lipinski definition) is 2. The van der Waals surface area contributed by atoms with Crippen molar-refractivity contribution in [3.63, 3.8) is 0 Å². The molecule has 0 aromatic rings. The normalized spacial score (nSPS) is 30.1. The lowest BCUT2D eigenvalue weighted by molar-refractivity contribution is -0.122. The highest BCUT2D eigenvalue weighted by Gasteiger charge is 2.23. The monoisotopic (exact) mass is 252 g/mol. The minimum absolute atomic E-state index is 0.242. The maximum absolute atomic E-state index is 11.9. The van der Waals surface area contributed by atoms with E-state index in [0.29, 0.717) is 18.4 Å². The smallest absolute Gasteiger partial charge is 0.221 e. The molecular weight excluding hydrogens is 224 g/mol. The summed E-state index contributed by atoms with van der Waals surface area (Å²) in [7, 11) is 0. The Morgan fingerprint density at radius 2 is 1.94 bits per heavy atom. The highest BCUT2D eigenvalue weighted by molar-refractivity contribution is 5.76. The Hall–Kier alpha value is -0.570. The first-order chi connectivity index (χ1) is 8.75. The van der Waals surface area contributed by atoms with Crippen molar-refractivity contribution >= 4 is 5.91 Å². The zero-order valence-electron chi connectivity index (χ0n) is 11.7. The maximum atomic E-state index is 11.9. The van der Waals surface area contributed by atoms with Crippen LogP contribution in [0, 0.1) is 11.8 Å². The number of rotatable bonds is 4. The first-order valence-electron chi connectivity index (χ1n) is 7.76. The molecule has 1 saturated heterocycles. The van der Waals surface area contributed by atoms with Gasteiger partial charge in [0.05, 0.1) is 0 Å². The third-order valence-corrected chi connectivity index (χ3v) is 4.65. The van der Waals surface area contributed by atoms with Gasteiger partial charge < -0.3 is 10.6 Å². The van der Waals surface area contributed by atoms with E-state index in [4.69, 9.17) is 0 Å². The van der Waals surface area contributed by atoms with Gasteiger partial charge in [-0.25, -0.2) is 0 Å². The van der Waals surface area contributed by atoms with Crippen molar-refractivity contribution in [3.8, 4) is 0 Å². The van der Waals surface area contributed by atoms with Gasteiger partial charge in [0.25, 0.3) is 0 Å². The molecule has 1 aliphatic carbocycles. The molecule has 2 N–H and O–H groups in total. The van der Waals surface area contributed by atoms with E-state index >= 15 is 0 Å². The molecule has 0 spiro atoms. The van der Waals surface area contributed by atoms with Gasteiger partial charge in [-0.2, -0.15) is 0 Å². The van der Waals surface area contributed by atoms with Gasteiger partial charge in [0.2, 0.25) is 5.91 Å². The standard InChI is InChI=1S/C15H28N2O/c1-12-6-5-9-16-14(12)10-15(18)17-11-13-7-3-2-4-8-13/h12-14,16H,2-11H2,1H3,(H,17,18). The van der Waals surface area contributed by atoms with E-state index in [1.54, 1.807) is 0 Å². The highest BCUT2D eigenvalue weighted by Crippen LogP contribution is 2.23. The molecule has 2 atom stereocenters. The summed E-state index contributed by atoms with van der Waals surface area (Å²) in [6.45, 7) is 4.23. The van der Waals surface area contributed by atoms with Crippen molar-refractivity contribution in [2.45, 2.75) is 64.3 Å². The maximum Gasteiger partial charge on any atom is 0.221 e. The van der Waals surface area contributed by atoms with Crippen molar-refractivity contribution in [2.24, 2.45) is 11.8 Å². The number of carbonyl (C=O) groups excluding carboxylic acids is 1. The second-order valence-electron chi connectivity index (χ2n) is 6.19. The minimum atomic E-state index is 0.242. The third kappa shape index (κ3) is 4.27. The first-order valence-corrected chi connectivity index (χ1v) is 7.76. The van der Waals surface area contributed by atoms with Crippen LogP contribution in [-0.2, 0) is 4.79 Å². The van der Waals surface area contributed by atoms with Crippen LogP contribution in [-0.4, -0.2) is 25.0 Å². The summed E-state index contributed by atoms with van der Waals surface area (Å²) in [5.41, 5.74) is 0. The van der Waals surface area contributed by atoms with Gasteiger partial charge >= 0.3 is 0 Å². The predicted octanol–water partition coefficient (Wildman–Crippen LogP) is 2.46. The fraction of sp³-hybridized carbons (Fsp3) is 0.933. The summed E-state index contributed by atoms with van der Waals surface area (Å²) >= 11 is 0. The Morgan fingerprint density at radius 1 is 1.17 bits per heavy atom. The third-order valence-electron chi connectivity index (χ3n) is 4.65. The molecule has 1 heterocycles. The summed E-state index contributed by atoms with van der Waals surface area (Å²) in [5.74, 6) is 1.62. The molecule has 0 bridgehead atoms. The van der Waals surface area contributed by atoms with Crippen LogP contribution in [0.1, 0.15) is 58.3 Å². The van der Waals surface area contributed by atoms with Crippen LogP contribution in [0.2, 0.25) is 0 Å².